The SMILES string of the molecule is O=C(c1ccc(C(F)(F)F)cc1)N1[C@@H]2CCC[C@H]1CC(O)C2. The van der Waals surface area contributed by atoms with Gasteiger partial charge in [-0.1, -0.05) is 0 Å². The summed E-state index contributed by atoms with van der Waals surface area (Å²) < 4.78 is 37.7. The first-order valence-corrected chi connectivity index (χ1v) is 7.54. The van der Waals surface area contributed by atoms with Gasteiger partial charge in [-0.2, -0.15) is 13.2 Å². The molecule has 3 rings (SSSR count). The Morgan fingerprint density at radius 2 is 1.64 bits per heavy atom. The third-order valence-electron chi connectivity index (χ3n) is 4.64. The first-order chi connectivity index (χ1) is 10.4. The van der Waals surface area contributed by atoms with Crippen molar-refractivity contribution in [1.29, 1.82) is 0 Å². The van der Waals surface area contributed by atoms with Crippen molar-refractivity contribution in [3.63, 3.8) is 0 Å². The Hall–Kier alpha value is -1.56. The Kier molecular flexibility index (Phi) is 3.89. The lowest BCUT2D eigenvalue weighted by atomic mass is 9.82. The van der Waals surface area contributed by atoms with Gasteiger partial charge in [0.1, 0.15) is 0 Å². The fourth-order valence-electron chi connectivity index (χ4n) is 3.64. The van der Waals surface area contributed by atoms with E-state index in [-0.39, 0.29) is 29.7 Å². The predicted molar refractivity (Wildman–Crippen MR) is 74.3 cm³/mol. The molecular formula is C16H18F3NO2. The molecule has 2 saturated heterocycles. The van der Waals surface area contributed by atoms with Crippen LogP contribution >= 0.6 is 0 Å². The van der Waals surface area contributed by atoms with E-state index >= 15 is 0 Å². The third kappa shape index (κ3) is 2.84. The number of rotatable bonds is 1. The molecule has 1 unspecified atom stereocenters. The van der Waals surface area contributed by atoms with Crippen LogP contribution in [0, 0.1) is 0 Å². The van der Waals surface area contributed by atoms with Crippen molar-refractivity contribution in [2.75, 3.05) is 0 Å². The van der Waals surface area contributed by atoms with Crippen LogP contribution in [0.15, 0.2) is 24.3 Å². The topological polar surface area (TPSA) is 40.5 Å². The fourth-order valence-corrected chi connectivity index (χ4v) is 3.64. The lowest BCUT2D eigenvalue weighted by Gasteiger charge is -2.47. The van der Waals surface area contributed by atoms with E-state index in [1.54, 1.807) is 4.90 Å². The van der Waals surface area contributed by atoms with Crippen LogP contribution in [0.1, 0.15) is 48.0 Å². The number of nitrogens with zero attached hydrogens (tertiary/aromatic N) is 1. The van der Waals surface area contributed by atoms with Crippen molar-refractivity contribution in [3.05, 3.63) is 35.4 Å². The summed E-state index contributed by atoms with van der Waals surface area (Å²) in [6.07, 6.45) is -0.940. The number of alkyl halides is 3. The largest absolute Gasteiger partial charge is 0.416 e. The molecule has 3 nitrogen and oxygen atoms in total. The normalized spacial score (nSPS) is 28.5. The Morgan fingerprint density at radius 1 is 1.09 bits per heavy atom. The first kappa shape index (κ1) is 15.3. The molecule has 2 heterocycles. The molecule has 2 aliphatic rings. The van der Waals surface area contributed by atoms with E-state index in [0.29, 0.717) is 12.8 Å². The predicted octanol–water partition coefficient (Wildman–Crippen LogP) is 3.22. The van der Waals surface area contributed by atoms with Crippen molar-refractivity contribution in [3.8, 4) is 0 Å². The van der Waals surface area contributed by atoms with Crippen LogP contribution < -0.4 is 0 Å². The van der Waals surface area contributed by atoms with Crippen LogP contribution in [0.4, 0.5) is 13.2 Å². The number of carbonyl (C=O) groups excluding carboxylic acids is 1. The maximum atomic E-state index is 12.6. The Balaban J connectivity index is 1.81. The summed E-state index contributed by atoms with van der Waals surface area (Å²) in [5.41, 5.74) is -0.473. The number of aliphatic hydroxyl groups is 1. The molecule has 0 radical (unpaired) electrons. The van der Waals surface area contributed by atoms with E-state index in [1.165, 1.54) is 12.1 Å². The molecule has 2 bridgehead atoms. The van der Waals surface area contributed by atoms with Gasteiger partial charge in [0, 0.05) is 17.6 Å². The number of fused-ring (bicyclic) bond motifs is 2. The Labute approximate surface area is 126 Å². The minimum absolute atomic E-state index is 0.00251. The number of aliphatic hydroxyl groups excluding tert-OH is 1. The number of hydrogen-bond acceptors (Lipinski definition) is 2. The highest BCUT2D eigenvalue weighted by atomic mass is 19.4. The number of carbonyl (C=O) groups is 1. The molecule has 1 N–H and O–H groups in total. The van der Waals surface area contributed by atoms with Crippen LogP contribution in [0.3, 0.4) is 0 Å². The maximum absolute atomic E-state index is 12.6. The van der Waals surface area contributed by atoms with E-state index in [1.807, 2.05) is 0 Å². The molecule has 6 heteroatoms. The quantitative estimate of drug-likeness (QED) is 0.865. The van der Waals surface area contributed by atoms with Gasteiger partial charge in [-0.3, -0.25) is 4.79 Å². The molecule has 120 valence electrons. The van der Waals surface area contributed by atoms with Gasteiger partial charge in [-0.15, -0.1) is 0 Å². The van der Waals surface area contributed by atoms with Crippen LogP contribution in [-0.2, 0) is 6.18 Å². The smallest absolute Gasteiger partial charge is 0.393 e. The highest BCUT2D eigenvalue weighted by Crippen LogP contribution is 2.35. The van der Waals surface area contributed by atoms with Crippen molar-refractivity contribution in [2.45, 2.75) is 56.5 Å². The van der Waals surface area contributed by atoms with Crippen LogP contribution in [-0.4, -0.2) is 34.1 Å². The van der Waals surface area contributed by atoms with Crippen molar-refractivity contribution >= 4 is 5.91 Å². The number of piperidine rings is 2. The van der Waals surface area contributed by atoms with Gasteiger partial charge >= 0.3 is 6.18 Å². The van der Waals surface area contributed by atoms with Crippen molar-refractivity contribution in [1.82, 2.24) is 4.90 Å². The molecule has 0 aliphatic carbocycles. The minimum Gasteiger partial charge on any atom is -0.393 e. The highest BCUT2D eigenvalue weighted by Gasteiger charge is 2.40. The van der Waals surface area contributed by atoms with Gasteiger partial charge in [-0.05, 0) is 56.4 Å². The van der Waals surface area contributed by atoms with Crippen LogP contribution in [0.5, 0.6) is 0 Å². The van der Waals surface area contributed by atoms with Crippen LogP contribution in [0.2, 0.25) is 0 Å². The Bertz CT molecular complexity index is 542. The average molecular weight is 313 g/mol. The molecule has 2 fully saturated rings. The van der Waals surface area contributed by atoms with Gasteiger partial charge in [0.25, 0.3) is 5.91 Å². The second-order valence-electron chi connectivity index (χ2n) is 6.15. The number of benzene rings is 1. The van der Waals surface area contributed by atoms with E-state index in [9.17, 15) is 23.1 Å². The second kappa shape index (κ2) is 5.57. The highest BCUT2D eigenvalue weighted by molar-refractivity contribution is 5.94. The van der Waals surface area contributed by atoms with Crippen LogP contribution in [0.25, 0.3) is 0 Å². The summed E-state index contributed by atoms with van der Waals surface area (Å²) in [6.45, 7) is 0. The van der Waals surface area contributed by atoms with Gasteiger partial charge in [0.2, 0.25) is 0 Å². The molecule has 2 aliphatic heterocycles. The number of hydrogen-bond donors (Lipinski definition) is 1. The van der Waals surface area contributed by atoms with E-state index in [2.05, 4.69) is 0 Å². The van der Waals surface area contributed by atoms with Gasteiger partial charge in [0.15, 0.2) is 0 Å². The number of halogens is 3. The zero-order valence-corrected chi connectivity index (χ0v) is 12.0. The summed E-state index contributed by atoms with van der Waals surface area (Å²) in [4.78, 5) is 14.4. The van der Waals surface area contributed by atoms with Gasteiger partial charge < -0.3 is 10.0 Å². The van der Waals surface area contributed by atoms with E-state index < -0.39 is 11.7 Å². The fraction of sp³-hybridized carbons (Fsp3) is 0.562. The molecular weight excluding hydrogens is 295 g/mol. The molecule has 1 aromatic rings. The summed E-state index contributed by atoms with van der Waals surface area (Å²) in [7, 11) is 0. The molecule has 22 heavy (non-hydrogen) atoms. The molecule has 1 aromatic carbocycles. The molecule has 1 amide bonds. The third-order valence-corrected chi connectivity index (χ3v) is 4.64. The molecule has 0 aromatic heterocycles. The van der Waals surface area contributed by atoms with Crippen molar-refractivity contribution in [2.24, 2.45) is 0 Å². The van der Waals surface area contributed by atoms with E-state index in [0.717, 1.165) is 31.4 Å². The monoisotopic (exact) mass is 313 g/mol. The zero-order valence-electron chi connectivity index (χ0n) is 12.0. The molecule has 0 saturated carbocycles. The standard InChI is InChI=1S/C16H18F3NO2/c17-16(18,19)11-6-4-10(5-7-11)15(22)20-12-2-1-3-13(20)9-14(21)8-12/h4-7,12-14,21H,1-3,8-9H2/t12-,13+,14?. The maximum Gasteiger partial charge on any atom is 0.416 e. The molecule has 3 atom stereocenters. The average Bonchev–Trinajstić information content (AvgIpc) is 2.45. The summed E-state index contributed by atoms with van der Waals surface area (Å²) in [5, 5.41) is 9.85. The molecule has 0 spiro atoms. The number of amides is 1. The summed E-state index contributed by atoms with van der Waals surface area (Å²) in [6, 6.07) is 4.37. The summed E-state index contributed by atoms with van der Waals surface area (Å²) >= 11 is 0. The lowest BCUT2D eigenvalue weighted by molar-refractivity contribution is -0.137. The van der Waals surface area contributed by atoms with Gasteiger partial charge in [0.05, 0.1) is 11.7 Å². The lowest BCUT2D eigenvalue weighted by Crippen LogP contribution is -2.55. The summed E-state index contributed by atoms with van der Waals surface area (Å²) in [5.74, 6) is -0.227. The van der Waals surface area contributed by atoms with E-state index in [4.69, 9.17) is 0 Å². The van der Waals surface area contributed by atoms with Gasteiger partial charge in [-0.25, -0.2) is 0 Å². The Morgan fingerprint density at radius 3 is 2.14 bits per heavy atom. The minimum atomic E-state index is -4.40. The first-order valence-electron chi connectivity index (χ1n) is 7.54. The van der Waals surface area contributed by atoms with Crippen molar-refractivity contribution < 1.29 is 23.1 Å². The second-order valence-corrected chi connectivity index (χ2v) is 6.15. The zero-order chi connectivity index (χ0) is 15.9.